The van der Waals surface area contributed by atoms with E-state index in [1.807, 2.05) is 6.92 Å². The van der Waals surface area contributed by atoms with E-state index in [0.717, 1.165) is 31.2 Å². The lowest BCUT2D eigenvalue weighted by atomic mass is 9.56. The van der Waals surface area contributed by atoms with Gasteiger partial charge in [0.05, 0.1) is 18.1 Å². The van der Waals surface area contributed by atoms with Crippen LogP contribution < -0.4 is 0 Å². The fourth-order valence-corrected chi connectivity index (χ4v) is 6.84. The molecule has 5 atom stereocenters. The standard InChI is InChI=1S/C21H26O6S/c1-13-7-9-14(10-8-13)28(24,25)27-18-15-5-3-4-6-17(15)21(20(23)26-2)12-11-16(18)19(21)22/h7-10,15-18H,3-6,11-12H2,1-2H3/t15-,16+,17+,18+,21+/m1/s1. The highest BCUT2D eigenvalue weighted by atomic mass is 32.2. The summed E-state index contributed by atoms with van der Waals surface area (Å²) in [6.45, 7) is 1.88. The van der Waals surface area contributed by atoms with Crippen molar-refractivity contribution in [2.24, 2.45) is 23.2 Å². The van der Waals surface area contributed by atoms with E-state index in [9.17, 15) is 18.0 Å². The summed E-state index contributed by atoms with van der Waals surface area (Å²) < 4.78 is 36.6. The van der Waals surface area contributed by atoms with Crippen molar-refractivity contribution in [2.45, 2.75) is 56.4 Å². The Morgan fingerprint density at radius 3 is 2.46 bits per heavy atom. The number of Topliss-reactive ketones (excluding diaryl/α,β-unsaturated/α-hetero) is 1. The van der Waals surface area contributed by atoms with Crippen molar-refractivity contribution in [3.63, 3.8) is 0 Å². The van der Waals surface area contributed by atoms with Crippen LogP contribution >= 0.6 is 0 Å². The summed E-state index contributed by atoms with van der Waals surface area (Å²) in [6, 6.07) is 6.51. The molecule has 0 spiro atoms. The van der Waals surface area contributed by atoms with E-state index in [2.05, 4.69) is 0 Å². The van der Waals surface area contributed by atoms with Crippen LogP contribution in [0.4, 0.5) is 0 Å². The molecule has 0 saturated heterocycles. The SMILES string of the molecule is COC(=O)[C@]12CC[C@H](C1=O)[C@@H](OS(=O)(=O)c1ccc(C)cc1)[C@@H]1CCCC[C@@H]12. The highest BCUT2D eigenvalue weighted by Gasteiger charge is 2.67. The molecule has 0 unspecified atom stereocenters. The fourth-order valence-electron chi connectivity index (χ4n) is 5.69. The lowest BCUT2D eigenvalue weighted by molar-refractivity contribution is -0.171. The summed E-state index contributed by atoms with van der Waals surface area (Å²) in [5.41, 5.74) is -0.157. The molecule has 0 aromatic heterocycles. The number of carbonyl (C=O) groups is 2. The molecule has 3 saturated carbocycles. The van der Waals surface area contributed by atoms with Crippen molar-refractivity contribution in [3.8, 4) is 0 Å². The third-order valence-electron chi connectivity index (χ3n) is 6.99. The first-order valence-electron chi connectivity index (χ1n) is 9.94. The van der Waals surface area contributed by atoms with Crippen LogP contribution in [0.1, 0.15) is 44.1 Å². The van der Waals surface area contributed by atoms with Crippen LogP contribution in [0.25, 0.3) is 0 Å². The van der Waals surface area contributed by atoms with Crippen LogP contribution in [0.2, 0.25) is 0 Å². The van der Waals surface area contributed by atoms with Crippen molar-refractivity contribution in [1.82, 2.24) is 0 Å². The molecule has 0 amide bonds. The predicted molar refractivity (Wildman–Crippen MR) is 101 cm³/mol. The monoisotopic (exact) mass is 406 g/mol. The quantitative estimate of drug-likeness (QED) is 0.434. The zero-order valence-corrected chi connectivity index (χ0v) is 17.0. The third-order valence-corrected chi connectivity index (χ3v) is 8.32. The van der Waals surface area contributed by atoms with Crippen LogP contribution in [0, 0.1) is 30.1 Å². The Balaban J connectivity index is 1.70. The zero-order chi connectivity index (χ0) is 20.1. The summed E-state index contributed by atoms with van der Waals surface area (Å²) >= 11 is 0. The minimum Gasteiger partial charge on any atom is -0.468 e. The summed E-state index contributed by atoms with van der Waals surface area (Å²) in [7, 11) is -2.67. The van der Waals surface area contributed by atoms with Gasteiger partial charge in [-0.3, -0.25) is 13.8 Å². The topological polar surface area (TPSA) is 86.7 Å². The van der Waals surface area contributed by atoms with Gasteiger partial charge in [-0.1, -0.05) is 30.5 Å². The maximum Gasteiger partial charge on any atom is 0.319 e. The van der Waals surface area contributed by atoms with Gasteiger partial charge < -0.3 is 4.74 Å². The van der Waals surface area contributed by atoms with E-state index in [1.54, 1.807) is 12.1 Å². The van der Waals surface area contributed by atoms with Gasteiger partial charge in [0, 0.05) is 5.92 Å². The van der Waals surface area contributed by atoms with Crippen LogP contribution in [-0.4, -0.2) is 33.4 Å². The molecule has 0 radical (unpaired) electrons. The summed E-state index contributed by atoms with van der Waals surface area (Å²) in [5, 5.41) is 0. The predicted octanol–water partition coefficient (Wildman–Crippen LogP) is 3.03. The van der Waals surface area contributed by atoms with Crippen molar-refractivity contribution in [2.75, 3.05) is 7.11 Å². The maximum atomic E-state index is 13.3. The van der Waals surface area contributed by atoms with E-state index in [4.69, 9.17) is 8.92 Å². The molecule has 0 heterocycles. The number of ketones is 1. The molecule has 7 heteroatoms. The molecular formula is C21H26O6S. The second kappa shape index (κ2) is 6.95. The summed E-state index contributed by atoms with van der Waals surface area (Å²) in [6.07, 6.45) is 3.55. The Morgan fingerprint density at radius 2 is 1.79 bits per heavy atom. The Hall–Kier alpha value is -1.73. The minimum atomic E-state index is -3.99. The largest absolute Gasteiger partial charge is 0.468 e. The number of esters is 1. The van der Waals surface area contributed by atoms with Crippen molar-refractivity contribution < 1.29 is 26.9 Å². The third kappa shape index (κ3) is 2.82. The first kappa shape index (κ1) is 19.6. The van der Waals surface area contributed by atoms with Crippen molar-refractivity contribution >= 4 is 21.9 Å². The molecule has 0 aliphatic heterocycles. The van der Waals surface area contributed by atoms with E-state index in [1.165, 1.54) is 19.2 Å². The number of methoxy groups -OCH3 is 1. The lowest BCUT2D eigenvalue weighted by Gasteiger charge is -2.48. The van der Waals surface area contributed by atoms with Gasteiger partial charge in [0.25, 0.3) is 10.1 Å². The number of hydrogen-bond acceptors (Lipinski definition) is 6. The molecule has 3 aliphatic carbocycles. The average Bonchev–Trinajstić information content (AvgIpc) is 2.96. The smallest absolute Gasteiger partial charge is 0.319 e. The molecular weight excluding hydrogens is 380 g/mol. The van der Waals surface area contributed by atoms with E-state index >= 15 is 0 Å². The highest BCUT2D eigenvalue weighted by Crippen LogP contribution is 2.60. The Kier molecular flexibility index (Phi) is 4.86. The van der Waals surface area contributed by atoms with Crippen LogP contribution in [-0.2, 0) is 28.6 Å². The van der Waals surface area contributed by atoms with Crippen molar-refractivity contribution in [3.05, 3.63) is 29.8 Å². The number of ether oxygens (including phenoxy) is 1. The number of carbonyl (C=O) groups excluding carboxylic acids is 2. The molecule has 3 aliphatic rings. The normalized spacial score (nSPS) is 34.7. The summed E-state index contributed by atoms with van der Waals surface area (Å²) in [5.74, 6) is -1.56. The second-order valence-electron chi connectivity index (χ2n) is 8.36. The van der Waals surface area contributed by atoms with Gasteiger partial charge in [0.2, 0.25) is 0 Å². The fraction of sp³-hybridized carbons (Fsp3) is 0.619. The van der Waals surface area contributed by atoms with E-state index < -0.39 is 33.5 Å². The van der Waals surface area contributed by atoms with Gasteiger partial charge in [0.15, 0.2) is 5.78 Å². The van der Waals surface area contributed by atoms with Gasteiger partial charge in [-0.25, -0.2) is 0 Å². The van der Waals surface area contributed by atoms with Gasteiger partial charge in [-0.15, -0.1) is 0 Å². The van der Waals surface area contributed by atoms with Crippen LogP contribution in [0.5, 0.6) is 0 Å². The van der Waals surface area contributed by atoms with Crippen LogP contribution in [0.3, 0.4) is 0 Å². The Bertz CT molecular complexity index is 890. The molecule has 28 heavy (non-hydrogen) atoms. The highest BCUT2D eigenvalue weighted by molar-refractivity contribution is 7.86. The second-order valence-corrected chi connectivity index (χ2v) is 9.93. The van der Waals surface area contributed by atoms with E-state index in [0.29, 0.717) is 12.8 Å². The lowest BCUT2D eigenvalue weighted by Crippen LogP contribution is -2.57. The van der Waals surface area contributed by atoms with E-state index in [-0.39, 0.29) is 22.5 Å². The average molecular weight is 407 g/mol. The summed E-state index contributed by atoms with van der Waals surface area (Å²) in [4.78, 5) is 26.0. The first-order chi connectivity index (χ1) is 13.3. The molecule has 0 N–H and O–H groups in total. The molecule has 152 valence electrons. The van der Waals surface area contributed by atoms with Crippen LogP contribution in [0.15, 0.2) is 29.2 Å². The molecule has 1 aromatic carbocycles. The van der Waals surface area contributed by atoms with Gasteiger partial charge in [-0.2, -0.15) is 8.42 Å². The number of fused-ring (bicyclic) bond motifs is 4. The molecule has 4 rings (SSSR count). The Labute approximate surface area is 165 Å². The number of benzene rings is 1. The zero-order valence-electron chi connectivity index (χ0n) is 16.2. The maximum absolute atomic E-state index is 13.3. The van der Waals surface area contributed by atoms with Gasteiger partial charge in [0.1, 0.15) is 5.41 Å². The molecule has 1 aromatic rings. The number of aryl methyl sites for hydroxylation is 1. The molecule has 6 nitrogen and oxygen atoms in total. The van der Waals surface area contributed by atoms with Gasteiger partial charge in [-0.05, 0) is 56.6 Å². The number of rotatable bonds is 4. The first-order valence-corrected chi connectivity index (χ1v) is 11.3. The minimum absolute atomic E-state index is 0.0979. The Morgan fingerprint density at radius 1 is 1.11 bits per heavy atom. The van der Waals surface area contributed by atoms with Gasteiger partial charge >= 0.3 is 5.97 Å². The molecule has 2 bridgehead atoms. The number of hydrogen-bond donors (Lipinski definition) is 0. The molecule has 3 fully saturated rings. The van der Waals surface area contributed by atoms with Crippen molar-refractivity contribution in [1.29, 1.82) is 0 Å².